The van der Waals surface area contributed by atoms with Crippen LogP contribution in [0.15, 0.2) is 36.8 Å². The van der Waals surface area contributed by atoms with Gasteiger partial charge in [0, 0.05) is 50.2 Å². The number of nitrogens with one attached hydrogen (secondary N) is 3. The molecule has 2 aliphatic rings. The van der Waals surface area contributed by atoms with Crippen LogP contribution in [0.4, 0.5) is 5.95 Å². The summed E-state index contributed by atoms with van der Waals surface area (Å²) in [6.07, 6.45) is 8.76. The molecule has 11 heteroatoms. The zero-order valence-electron chi connectivity index (χ0n) is 19.5. The molecule has 0 bridgehead atoms. The van der Waals surface area contributed by atoms with Gasteiger partial charge in [-0.3, -0.25) is 19.5 Å². The fourth-order valence-electron chi connectivity index (χ4n) is 4.83. The molecule has 2 saturated heterocycles. The Hall–Kier alpha value is -3.57. The van der Waals surface area contributed by atoms with E-state index in [0.29, 0.717) is 43.1 Å². The SMILES string of the molecule is O=C(NO)c1cnc(NCC2CCN(C(=O)c3cccc4cn(C5CCCNC5)nc34)CC2)nc1. The number of hydroxylamine groups is 1. The highest BCUT2D eigenvalue weighted by Crippen LogP contribution is 2.25. The van der Waals surface area contributed by atoms with Gasteiger partial charge in [0.05, 0.1) is 17.2 Å². The van der Waals surface area contributed by atoms with Crippen LogP contribution in [0.1, 0.15) is 52.4 Å². The smallest absolute Gasteiger partial charge is 0.277 e. The Morgan fingerprint density at radius 2 is 1.94 bits per heavy atom. The van der Waals surface area contributed by atoms with Crippen LogP contribution in [0.3, 0.4) is 0 Å². The third kappa shape index (κ3) is 5.10. The summed E-state index contributed by atoms with van der Waals surface area (Å²) >= 11 is 0. The fraction of sp³-hybridized carbons (Fsp3) is 0.458. The predicted molar refractivity (Wildman–Crippen MR) is 129 cm³/mol. The minimum atomic E-state index is -0.651. The first-order valence-electron chi connectivity index (χ1n) is 12.1. The van der Waals surface area contributed by atoms with E-state index in [2.05, 4.69) is 26.8 Å². The maximum atomic E-state index is 13.4. The predicted octanol–water partition coefficient (Wildman–Crippen LogP) is 1.83. The van der Waals surface area contributed by atoms with E-state index >= 15 is 0 Å². The van der Waals surface area contributed by atoms with Crippen molar-refractivity contribution in [3.63, 3.8) is 0 Å². The Morgan fingerprint density at radius 1 is 1.14 bits per heavy atom. The maximum Gasteiger partial charge on any atom is 0.277 e. The standard InChI is InChI=1S/C24H30N8O3/c33-22(30-35)18-12-27-24(28-13-18)26-11-16-6-9-31(10-7-16)23(34)20-5-1-3-17-15-32(29-21(17)20)19-4-2-8-25-14-19/h1,3,5,12-13,15-16,19,25,35H,2,4,6-11,14H2,(H,30,33)(H,26,27,28). The Kier molecular flexibility index (Phi) is 6.87. The quantitative estimate of drug-likeness (QED) is 0.311. The lowest BCUT2D eigenvalue weighted by Gasteiger charge is -2.32. The Labute approximate surface area is 202 Å². The zero-order valence-corrected chi connectivity index (χ0v) is 19.5. The van der Waals surface area contributed by atoms with Crippen molar-refractivity contribution in [3.8, 4) is 0 Å². The molecule has 1 atom stereocenters. The number of carbonyl (C=O) groups is 2. The monoisotopic (exact) mass is 478 g/mol. The summed E-state index contributed by atoms with van der Waals surface area (Å²) < 4.78 is 2.02. The van der Waals surface area contributed by atoms with E-state index in [1.54, 1.807) is 5.48 Å². The first-order valence-corrected chi connectivity index (χ1v) is 12.1. The van der Waals surface area contributed by atoms with Crippen molar-refractivity contribution in [3.05, 3.63) is 47.9 Å². The second-order valence-electron chi connectivity index (χ2n) is 9.21. The number of amides is 2. The van der Waals surface area contributed by atoms with Crippen LogP contribution in [0.2, 0.25) is 0 Å². The van der Waals surface area contributed by atoms with E-state index in [1.165, 1.54) is 12.4 Å². The van der Waals surface area contributed by atoms with Crippen molar-refractivity contribution in [2.45, 2.75) is 31.7 Å². The lowest BCUT2D eigenvalue weighted by atomic mass is 9.96. The zero-order chi connectivity index (χ0) is 24.2. The van der Waals surface area contributed by atoms with Crippen LogP contribution in [-0.4, -0.2) is 74.4 Å². The van der Waals surface area contributed by atoms with Crippen LogP contribution in [0.5, 0.6) is 0 Å². The van der Waals surface area contributed by atoms with Crippen molar-refractivity contribution in [1.29, 1.82) is 0 Å². The summed E-state index contributed by atoms with van der Waals surface area (Å²) in [5.41, 5.74) is 3.19. The minimum Gasteiger partial charge on any atom is -0.354 e. The van der Waals surface area contributed by atoms with Gasteiger partial charge >= 0.3 is 0 Å². The van der Waals surface area contributed by atoms with Gasteiger partial charge in [0.1, 0.15) is 5.52 Å². The van der Waals surface area contributed by atoms with Crippen molar-refractivity contribution >= 4 is 28.7 Å². The number of aromatic nitrogens is 4. The Bertz CT molecular complexity index is 1180. The van der Waals surface area contributed by atoms with E-state index < -0.39 is 5.91 Å². The van der Waals surface area contributed by atoms with E-state index in [1.807, 2.05) is 27.8 Å². The molecule has 35 heavy (non-hydrogen) atoms. The van der Waals surface area contributed by atoms with E-state index in [0.717, 1.165) is 49.7 Å². The lowest BCUT2D eigenvalue weighted by molar-refractivity contribution is 0.0693. The molecule has 1 aromatic carbocycles. The van der Waals surface area contributed by atoms with E-state index in [9.17, 15) is 9.59 Å². The summed E-state index contributed by atoms with van der Waals surface area (Å²) in [7, 11) is 0. The van der Waals surface area contributed by atoms with Crippen LogP contribution in [-0.2, 0) is 0 Å². The van der Waals surface area contributed by atoms with Crippen molar-refractivity contribution in [1.82, 2.24) is 35.4 Å². The summed E-state index contributed by atoms with van der Waals surface area (Å²) in [6.45, 7) is 4.01. The summed E-state index contributed by atoms with van der Waals surface area (Å²) in [5, 5.41) is 21.1. The molecular formula is C24H30N8O3. The topological polar surface area (TPSA) is 137 Å². The number of carbonyl (C=O) groups excluding carboxylic acids is 2. The average Bonchev–Trinajstić information content (AvgIpc) is 3.37. The molecule has 11 nitrogen and oxygen atoms in total. The van der Waals surface area contributed by atoms with Gasteiger partial charge < -0.3 is 15.5 Å². The highest BCUT2D eigenvalue weighted by molar-refractivity contribution is 6.05. The van der Waals surface area contributed by atoms with E-state index in [4.69, 9.17) is 10.3 Å². The molecule has 5 rings (SSSR count). The molecule has 0 saturated carbocycles. The van der Waals surface area contributed by atoms with Crippen LogP contribution < -0.4 is 16.1 Å². The van der Waals surface area contributed by atoms with Crippen LogP contribution >= 0.6 is 0 Å². The van der Waals surface area contributed by atoms with Crippen molar-refractivity contribution in [2.75, 3.05) is 38.0 Å². The number of benzene rings is 1. The molecule has 4 N–H and O–H groups in total. The number of likely N-dealkylation sites (tertiary alicyclic amines) is 1. The highest BCUT2D eigenvalue weighted by Gasteiger charge is 2.26. The summed E-state index contributed by atoms with van der Waals surface area (Å²) in [6, 6.07) is 6.17. The number of nitrogens with zero attached hydrogens (tertiary/aromatic N) is 5. The van der Waals surface area contributed by atoms with Gasteiger partial charge in [0.25, 0.3) is 11.8 Å². The molecule has 1 unspecified atom stereocenters. The van der Waals surface area contributed by atoms with Crippen molar-refractivity contribution < 1.29 is 14.8 Å². The van der Waals surface area contributed by atoms with Gasteiger partial charge in [-0.2, -0.15) is 5.10 Å². The van der Waals surface area contributed by atoms with Gasteiger partial charge in [0.2, 0.25) is 5.95 Å². The molecule has 2 aliphatic heterocycles. The normalized spacial score (nSPS) is 19.0. The average molecular weight is 479 g/mol. The maximum absolute atomic E-state index is 13.4. The second kappa shape index (κ2) is 10.4. The molecule has 0 aliphatic carbocycles. The molecular weight excluding hydrogens is 448 g/mol. The van der Waals surface area contributed by atoms with Crippen LogP contribution in [0, 0.1) is 5.92 Å². The van der Waals surface area contributed by atoms with Crippen molar-refractivity contribution in [2.24, 2.45) is 5.92 Å². The third-order valence-corrected chi connectivity index (χ3v) is 6.90. The molecule has 2 aromatic heterocycles. The molecule has 3 aromatic rings. The lowest BCUT2D eigenvalue weighted by Crippen LogP contribution is -2.40. The number of hydrogen-bond donors (Lipinski definition) is 4. The first kappa shape index (κ1) is 23.2. The van der Waals surface area contributed by atoms with E-state index in [-0.39, 0.29) is 11.5 Å². The molecule has 2 amide bonds. The Balaban J connectivity index is 1.18. The second-order valence-corrected chi connectivity index (χ2v) is 9.21. The summed E-state index contributed by atoms with van der Waals surface area (Å²) in [5.74, 6) is 0.197. The highest BCUT2D eigenvalue weighted by atomic mass is 16.5. The minimum absolute atomic E-state index is 0.0371. The number of anilines is 1. The third-order valence-electron chi connectivity index (χ3n) is 6.90. The van der Waals surface area contributed by atoms with Crippen LogP contribution in [0.25, 0.3) is 10.9 Å². The molecule has 0 radical (unpaired) electrons. The van der Waals surface area contributed by atoms with Gasteiger partial charge in [-0.15, -0.1) is 0 Å². The molecule has 184 valence electrons. The number of piperidine rings is 2. The fourth-order valence-corrected chi connectivity index (χ4v) is 4.83. The van der Waals surface area contributed by atoms with Gasteiger partial charge in [-0.1, -0.05) is 12.1 Å². The van der Waals surface area contributed by atoms with Gasteiger partial charge in [0.15, 0.2) is 0 Å². The molecule has 0 spiro atoms. The van der Waals surface area contributed by atoms with Gasteiger partial charge in [-0.25, -0.2) is 15.4 Å². The molecule has 4 heterocycles. The Morgan fingerprint density at radius 3 is 2.66 bits per heavy atom. The van der Waals surface area contributed by atoms with Gasteiger partial charge in [-0.05, 0) is 44.2 Å². The molecule has 2 fully saturated rings. The number of rotatable bonds is 6. The summed E-state index contributed by atoms with van der Waals surface area (Å²) in [4.78, 5) is 34.9. The largest absolute Gasteiger partial charge is 0.354 e. The first-order chi connectivity index (χ1) is 17.1. The number of fused-ring (bicyclic) bond motifs is 1. The number of hydrogen-bond acceptors (Lipinski definition) is 8.